The van der Waals surface area contributed by atoms with Crippen molar-refractivity contribution in [3.05, 3.63) is 34.9 Å². The standard InChI is InChI=1S/C17H28N2/c1-3-19(4-2)17(11-12-18)16-10-9-14-7-5-6-8-15(14)13-16/h9-10,13,17H,3-8,11-12,18H2,1-2H3. The van der Waals surface area contributed by atoms with Gasteiger partial charge in [0.15, 0.2) is 0 Å². The molecule has 0 saturated heterocycles. The molecule has 0 aliphatic heterocycles. The molecule has 106 valence electrons. The van der Waals surface area contributed by atoms with E-state index in [1.54, 1.807) is 11.1 Å². The quantitative estimate of drug-likeness (QED) is 0.850. The fourth-order valence-electron chi connectivity index (χ4n) is 3.34. The first kappa shape index (κ1) is 14.5. The number of nitrogens with zero attached hydrogens (tertiary/aromatic N) is 1. The first-order chi connectivity index (χ1) is 9.30. The summed E-state index contributed by atoms with van der Waals surface area (Å²) >= 11 is 0. The molecule has 1 aliphatic rings. The van der Waals surface area contributed by atoms with Crippen LogP contribution in [0.4, 0.5) is 0 Å². The summed E-state index contributed by atoms with van der Waals surface area (Å²) in [6.45, 7) is 7.44. The lowest BCUT2D eigenvalue weighted by Crippen LogP contribution is -2.30. The first-order valence-corrected chi connectivity index (χ1v) is 7.86. The van der Waals surface area contributed by atoms with E-state index in [1.807, 2.05) is 0 Å². The predicted octanol–water partition coefficient (Wildman–Crippen LogP) is 3.30. The Morgan fingerprint density at radius 3 is 2.42 bits per heavy atom. The Bertz CT molecular complexity index is 396. The monoisotopic (exact) mass is 260 g/mol. The fraction of sp³-hybridized carbons (Fsp3) is 0.647. The molecule has 0 saturated carbocycles. The lowest BCUT2D eigenvalue weighted by atomic mass is 9.88. The van der Waals surface area contributed by atoms with Crippen molar-refractivity contribution in [2.24, 2.45) is 5.73 Å². The second kappa shape index (κ2) is 7.06. The molecule has 0 bridgehead atoms. The van der Waals surface area contributed by atoms with E-state index in [0.717, 1.165) is 26.1 Å². The van der Waals surface area contributed by atoms with E-state index in [-0.39, 0.29) is 0 Å². The molecule has 0 spiro atoms. The summed E-state index contributed by atoms with van der Waals surface area (Å²) in [5.41, 5.74) is 10.4. The molecule has 1 unspecified atom stereocenters. The molecular weight excluding hydrogens is 232 g/mol. The van der Waals surface area contributed by atoms with Crippen molar-refractivity contribution in [1.29, 1.82) is 0 Å². The molecule has 2 nitrogen and oxygen atoms in total. The molecule has 1 aliphatic carbocycles. The van der Waals surface area contributed by atoms with Crippen molar-refractivity contribution in [2.45, 2.75) is 52.0 Å². The van der Waals surface area contributed by atoms with E-state index < -0.39 is 0 Å². The number of aryl methyl sites for hydroxylation is 2. The van der Waals surface area contributed by atoms with Gasteiger partial charge in [-0.25, -0.2) is 0 Å². The lowest BCUT2D eigenvalue weighted by Gasteiger charge is -2.31. The van der Waals surface area contributed by atoms with Crippen LogP contribution in [-0.2, 0) is 12.8 Å². The maximum atomic E-state index is 5.83. The minimum Gasteiger partial charge on any atom is -0.330 e. The smallest absolute Gasteiger partial charge is 0.0359 e. The van der Waals surface area contributed by atoms with Gasteiger partial charge >= 0.3 is 0 Å². The van der Waals surface area contributed by atoms with Gasteiger partial charge in [0.05, 0.1) is 0 Å². The third kappa shape index (κ3) is 3.37. The van der Waals surface area contributed by atoms with Crippen molar-refractivity contribution in [1.82, 2.24) is 4.90 Å². The van der Waals surface area contributed by atoms with Crippen LogP contribution >= 0.6 is 0 Å². The Hall–Kier alpha value is -0.860. The zero-order valence-corrected chi connectivity index (χ0v) is 12.5. The van der Waals surface area contributed by atoms with Gasteiger partial charge in [-0.15, -0.1) is 0 Å². The van der Waals surface area contributed by atoms with Gasteiger partial charge in [0.2, 0.25) is 0 Å². The van der Waals surface area contributed by atoms with Crippen LogP contribution in [0.2, 0.25) is 0 Å². The Morgan fingerprint density at radius 1 is 1.11 bits per heavy atom. The van der Waals surface area contributed by atoms with Gasteiger partial charge in [-0.1, -0.05) is 32.0 Å². The molecule has 0 fully saturated rings. The van der Waals surface area contributed by atoms with Crippen molar-refractivity contribution in [3.8, 4) is 0 Å². The summed E-state index contributed by atoms with van der Waals surface area (Å²) in [5, 5.41) is 0. The van der Waals surface area contributed by atoms with Gasteiger partial charge < -0.3 is 5.73 Å². The largest absolute Gasteiger partial charge is 0.330 e. The summed E-state index contributed by atoms with van der Waals surface area (Å²) < 4.78 is 0. The average molecular weight is 260 g/mol. The Kier molecular flexibility index (Phi) is 5.41. The molecule has 0 heterocycles. The second-order valence-electron chi connectivity index (χ2n) is 5.55. The normalized spacial score (nSPS) is 16.4. The Morgan fingerprint density at radius 2 is 1.79 bits per heavy atom. The van der Waals surface area contributed by atoms with Crippen LogP contribution in [0.5, 0.6) is 0 Å². The van der Waals surface area contributed by atoms with E-state index in [1.165, 1.54) is 31.2 Å². The highest BCUT2D eigenvalue weighted by Gasteiger charge is 2.19. The van der Waals surface area contributed by atoms with E-state index >= 15 is 0 Å². The molecule has 19 heavy (non-hydrogen) atoms. The molecule has 0 aromatic heterocycles. The van der Waals surface area contributed by atoms with Crippen molar-refractivity contribution >= 4 is 0 Å². The number of hydrogen-bond donors (Lipinski definition) is 1. The topological polar surface area (TPSA) is 29.3 Å². The van der Waals surface area contributed by atoms with Crippen LogP contribution in [-0.4, -0.2) is 24.5 Å². The molecule has 1 aromatic rings. The third-order valence-corrected chi connectivity index (χ3v) is 4.45. The van der Waals surface area contributed by atoms with Crippen molar-refractivity contribution in [3.63, 3.8) is 0 Å². The highest BCUT2D eigenvalue weighted by molar-refractivity contribution is 5.35. The molecular formula is C17H28N2. The van der Waals surface area contributed by atoms with E-state index in [2.05, 4.69) is 36.9 Å². The number of benzene rings is 1. The molecule has 1 atom stereocenters. The number of fused-ring (bicyclic) bond motifs is 1. The molecule has 2 N–H and O–H groups in total. The Balaban J connectivity index is 2.25. The van der Waals surface area contributed by atoms with Gasteiger partial charge in [-0.2, -0.15) is 0 Å². The summed E-state index contributed by atoms with van der Waals surface area (Å²) in [7, 11) is 0. The maximum Gasteiger partial charge on any atom is 0.0359 e. The maximum absolute atomic E-state index is 5.83. The average Bonchev–Trinajstić information content (AvgIpc) is 2.47. The zero-order valence-electron chi connectivity index (χ0n) is 12.5. The van der Waals surface area contributed by atoms with E-state index in [9.17, 15) is 0 Å². The van der Waals surface area contributed by atoms with Gasteiger partial charge in [0.25, 0.3) is 0 Å². The molecule has 1 aromatic carbocycles. The SMILES string of the molecule is CCN(CC)C(CCN)c1ccc2c(c1)CCCC2. The van der Waals surface area contributed by atoms with Gasteiger partial charge in [0.1, 0.15) is 0 Å². The van der Waals surface area contributed by atoms with Crippen molar-refractivity contribution < 1.29 is 0 Å². The summed E-state index contributed by atoms with van der Waals surface area (Å²) in [6.07, 6.45) is 6.29. The summed E-state index contributed by atoms with van der Waals surface area (Å²) in [5.74, 6) is 0. The van der Waals surface area contributed by atoms with Crippen LogP contribution in [0.25, 0.3) is 0 Å². The minimum atomic E-state index is 0.493. The molecule has 2 rings (SSSR count). The molecule has 0 radical (unpaired) electrons. The highest BCUT2D eigenvalue weighted by atomic mass is 15.1. The van der Waals surface area contributed by atoms with Gasteiger partial charge in [-0.3, -0.25) is 4.90 Å². The molecule has 2 heteroatoms. The van der Waals surface area contributed by atoms with Crippen LogP contribution in [0, 0.1) is 0 Å². The number of hydrogen-bond acceptors (Lipinski definition) is 2. The van der Waals surface area contributed by atoms with E-state index in [4.69, 9.17) is 5.73 Å². The van der Waals surface area contributed by atoms with Crippen molar-refractivity contribution in [2.75, 3.05) is 19.6 Å². The van der Waals surface area contributed by atoms with Crippen LogP contribution < -0.4 is 5.73 Å². The van der Waals surface area contributed by atoms with Gasteiger partial charge in [0, 0.05) is 6.04 Å². The minimum absolute atomic E-state index is 0.493. The van der Waals surface area contributed by atoms with Gasteiger partial charge in [-0.05, 0) is 68.4 Å². The number of rotatable bonds is 6. The lowest BCUT2D eigenvalue weighted by molar-refractivity contribution is 0.210. The molecule has 0 amide bonds. The first-order valence-electron chi connectivity index (χ1n) is 7.86. The third-order valence-electron chi connectivity index (χ3n) is 4.45. The fourth-order valence-corrected chi connectivity index (χ4v) is 3.34. The second-order valence-corrected chi connectivity index (χ2v) is 5.55. The van der Waals surface area contributed by atoms with Crippen LogP contribution in [0.3, 0.4) is 0 Å². The van der Waals surface area contributed by atoms with E-state index in [0.29, 0.717) is 6.04 Å². The highest BCUT2D eigenvalue weighted by Crippen LogP contribution is 2.29. The van der Waals surface area contributed by atoms with Crippen LogP contribution in [0.15, 0.2) is 18.2 Å². The number of nitrogens with two attached hydrogens (primary N) is 1. The summed E-state index contributed by atoms with van der Waals surface area (Å²) in [6, 6.07) is 7.64. The van der Waals surface area contributed by atoms with Crippen LogP contribution in [0.1, 0.15) is 55.8 Å². The predicted molar refractivity (Wildman–Crippen MR) is 82.4 cm³/mol. The Labute approximate surface area is 118 Å². The summed E-state index contributed by atoms with van der Waals surface area (Å²) in [4.78, 5) is 2.53. The zero-order chi connectivity index (χ0) is 13.7.